The number of rotatable bonds is 5. The van der Waals surface area contributed by atoms with E-state index < -0.39 is 0 Å². The standard InChI is InChI=1S/C27H26N2O3/c1-18(29-14-12-20(13-15-29)19-8-4-3-5-9-19)27(30)28-23-17-25-22(16-26(23)31-2)21-10-6-7-11-24(21)32-25/h3-12,16-18H,13-15H2,1-2H3,(H,28,30)/p+1/t18-/m0/s1. The number of hydrogen-bond acceptors (Lipinski definition) is 3. The topological polar surface area (TPSA) is 55.9 Å². The Kier molecular flexibility index (Phi) is 5.41. The molecule has 162 valence electrons. The number of carbonyl (C=O) groups is 1. The van der Waals surface area contributed by atoms with E-state index in [0.29, 0.717) is 11.4 Å². The lowest BCUT2D eigenvalue weighted by Crippen LogP contribution is -3.17. The summed E-state index contributed by atoms with van der Waals surface area (Å²) in [6.07, 6.45) is 3.23. The fourth-order valence-corrected chi connectivity index (χ4v) is 4.51. The summed E-state index contributed by atoms with van der Waals surface area (Å²) in [5.41, 5.74) is 4.82. The number of carbonyl (C=O) groups excluding carboxylic acids is 1. The van der Waals surface area contributed by atoms with Gasteiger partial charge in [0.25, 0.3) is 5.91 Å². The maximum Gasteiger partial charge on any atom is 0.282 e. The van der Waals surface area contributed by atoms with E-state index in [2.05, 4.69) is 35.7 Å². The second kappa shape index (κ2) is 8.52. The van der Waals surface area contributed by atoms with Crippen LogP contribution in [-0.4, -0.2) is 32.1 Å². The Hall–Kier alpha value is -3.57. The average Bonchev–Trinajstić information content (AvgIpc) is 3.21. The van der Waals surface area contributed by atoms with Crippen LogP contribution in [-0.2, 0) is 4.79 Å². The Bertz CT molecular complexity index is 1310. The summed E-state index contributed by atoms with van der Waals surface area (Å²) in [7, 11) is 1.62. The largest absolute Gasteiger partial charge is 0.495 e. The second-order valence-corrected chi connectivity index (χ2v) is 8.32. The van der Waals surface area contributed by atoms with Crippen LogP contribution in [0.3, 0.4) is 0 Å². The summed E-state index contributed by atoms with van der Waals surface area (Å²) in [5, 5.41) is 5.08. The van der Waals surface area contributed by atoms with Gasteiger partial charge in [0.1, 0.15) is 16.9 Å². The van der Waals surface area contributed by atoms with Crippen LogP contribution in [0.1, 0.15) is 18.9 Å². The highest BCUT2D eigenvalue weighted by molar-refractivity contribution is 6.08. The van der Waals surface area contributed by atoms with Crippen molar-refractivity contribution < 1.29 is 18.8 Å². The molecule has 0 fully saturated rings. The summed E-state index contributed by atoms with van der Waals surface area (Å²) >= 11 is 0. The van der Waals surface area contributed by atoms with Crippen molar-refractivity contribution in [3.63, 3.8) is 0 Å². The average molecular weight is 428 g/mol. The fourth-order valence-electron chi connectivity index (χ4n) is 4.51. The molecule has 2 heterocycles. The lowest BCUT2D eigenvalue weighted by atomic mass is 9.99. The van der Waals surface area contributed by atoms with Crippen molar-refractivity contribution in [2.45, 2.75) is 19.4 Å². The zero-order valence-corrected chi connectivity index (χ0v) is 18.4. The number of methoxy groups -OCH3 is 1. The third-order valence-corrected chi connectivity index (χ3v) is 6.43. The number of fused-ring (bicyclic) bond motifs is 3. The number of quaternary nitrogens is 1. The SMILES string of the molecule is COc1cc2c(cc1NC(=O)[C@H](C)[NH+]1CC=C(c3ccccc3)CC1)oc1ccccc12. The Morgan fingerprint density at radius 3 is 2.56 bits per heavy atom. The molecule has 0 radical (unpaired) electrons. The van der Waals surface area contributed by atoms with Gasteiger partial charge in [0.2, 0.25) is 0 Å². The van der Waals surface area contributed by atoms with Gasteiger partial charge < -0.3 is 19.4 Å². The quantitative estimate of drug-likeness (QED) is 0.500. The number of nitrogens with one attached hydrogen (secondary N) is 2. The van der Waals surface area contributed by atoms with Crippen LogP contribution in [0.25, 0.3) is 27.5 Å². The van der Waals surface area contributed by atoms with E-state index in [1.165, 1.54) is 16.0 Å². The first-order valence-corrected chi connectivity index (χ1v) is 11.0. The van der Waals surface area contributed by atoms with Gasteiger partial charge in [-0.25, -0.2) is 0 Å². The van der Waals surface area contributed by atoms with Crippen molar-refractivity contribution in [2.75, 3.05) is 25.5 Å². The Labute approximate surface area is 187 Å². The molecule has 0 saturated carbocycles. The van der Waals surface area contributed by atoms with Crippen LogP contribution < -0.4 is 15.0 Å². The molecular formula is C27H27N2O3+. The van der Waals surface area contributed by atoms with Crippen molar-refractivity contribution in [1.82, 2.24) is 0 Å². The molecule has 2 N–H and O–H groups in total. The van der Waals surface area contributed by atoms with Crippen molar-refractivity contribution in [2.24, 2.45) is 0 Å². The van der Waals surface area contributed by atoms with Crippen LogP contribution >= 0.6 is 0 Å². The van der Waals surface area contributed by atoms with Gasteiger partial charge in [-0.1, -0.05) is 48.5 Å². The molecule has 4 aromatic rings. The molecule has 0 saturated heterocycles. The maximum absolute atomic E-state index is 13.1. The lowest BCUT2D eigenvalue weighted by Gasteiger charge is -2.28. The normalized spacial score (nSPS) is 17.2. The minimum absolute atomic E-state index is 0.0228. The molecule has 5 nitrogen and oxygen atoms in total. The van der Waals surface area contributed by atoms with Gasteiger partial charge in [-0.05, 0) is 36.3 Å². The molecule has 1 amide bonds. The number of hydrogen-bond donors (Lipinski definition) is 2. The molecule has 2 atom stereocenters. The smallest absolute Gasteiger partial charge is 0.282 e. The lowest BCUT2D eigenvalue weighted by molar-refractivity contribution is -0.909. The van der Waals surface area contributed by atoms with Gasteiger partial charge in [0, 0.05) is 23.3 Å². The first-order valence-electron chi connectivity index (χ1n) is 11.0. The summed E-state index contributed by atoms with van der Waals surface area (Å²) in [6.45, 7) is 3.74. The van der Waals surface area contributed by atoms with E-state index in [4.69, 9.17) is 9.15 Å². The zero-order chi connectivity index (χ0) is 22.1. The Morgan fingerprint density at radius 2 is 1.81 bits per heavy atom. The first-order chi connectivity index (χ1) is 15.6. The van der Waals surface area contributed by atoms with Gasteiger partial charge in [0.05, 0.1) is 25.9 Å². The van der Waals surface area contributed by atoms with Crippen LogP contribution in [0.2, 0.25) is 0 Å². The summed E-state index contributed by atoms with van der Waals surface area (Å²) in [4.78, 5) is 14.4. The zero-order valence-electron chi connectivity index (χ0n) is 18.4. The summed E-state index contributed by atoms with van der Waals surface area (Å²) in [5.74, 6) is 0.606. The minimum Gasteiger partial charge on any atom is -0.495 e. The third-order valence-electron chi connectivity index (χ3n) is 6.43. The molecule has 5 heteroatoms. The molecule has 0 spiro atoms. The predicted molar refractivity (Wildman–Crippen MR) is 128 cm³/mol. The summed E-state index contributed by atoms with van der Waals surface area (Å²) in [6, 6.07) is 22.0. The summed E-state index contributed by atoms with van der Waals surface area (Å²) < 4.78 is 11.6. The molecule has 32 heavy (non-hydrogen) atoms. The van der Waals surface area contributed by atoms with Crippen molar-refractivity contribution in [3.8, 4) is 5.75 Å². The van der Waals surface area contributed by atoms with Gasteiger partial charge in [-0.3, -0.25) is 4.79 Å². The number of furan rings is 1. The third kappa shape index (κ3) is 3.76. The Morgan fingerprint density at radius 1 is 1.03 bits per heavy atom. The first kappa shape index (κ1) is 20.3. The molecule has 0 aliphatic carbocycles. The van der Waals surface area contributed by atoms with E-state index in [-0.39, 0.29) is 11.9 Å². The van der Waals surface area contributed by atoms with E-state index in [0.717, 1.165) is 41.4 Å². The van der Waals surface area contributed by atoms with Gasteiger partial charge >= 0.3 is 0 Å². The number of benzene rings is 3. The van der Waals surface area contributed by atoms with Crippen molar-refractivity contribution >= 4 is 39.1 Å². The van der Waals surface area contributed by atoms with Gasteiger partial charge in [-0.2, -0.15) is 0 Å². The van der Waals surface area contributed by atoms with E-state index in [1.54, 1.807) is 7.11 Å². The van der Waals surface area contributed by atoms with Gasteiger partial charge in [0.15, 0.2) is 6.04 Å². The molecule has 1 aromatic heterocycles. The van der Waals surface area contributed by atoms with Crippen LogP contribution in [0.15, 0.2) is 77.2 Å². The molecule has 5 rings (SSSR count). The number of para-hydroxylation sites is 1. The highest BCUT2D eigenvalue weighted by Gasteiger charge is 2.28. The predicted octanol–water partition coefficient (Wildman–Crippen LogP) is 4.29. The molecule has 1 aliphatic rings. The fraction of sp³-hybridized carbons (Fsp3) is 0.222. The highest BCUT2D eigenvalue weighted by atomic mass is 16.5. The van der Waals surface area contributed by atoms with Crippen LogP contribution in [0.4, 0.5) is 5.69 Å². The number of amides is 1. The van der Waals surface area contributed by atoms with Gasteiger partial charge in [-0.15, -0.1) is 0 Å². The van der Waals surface area contributed by atoms with Crippen LogP contribution in [0.5, 0.6) is 5.75 Å². The number of anilines is 1. The second-order valence-electron chi connectivity index (χ2n) is 8.32. The van der Waals surface area contributed by atoms with Crippen molar-refractivity contribution in [3.05, 3.63) is 78.4 Å². The molecule has 3 aromatic carbocycles. The monoisotopic (exact) mass is 427 g/mol. The molecule has 1 unspecified atom stereocenters. The molecular weight excluding hydrogens is 400 g/mol. The Balaban J connectivity index is 1.34. The minimum atomic E-state index is -0.181. The number of ether oxygens (including phenoxy) is 1. The highest BCUT2D eigenvalue weighted by Crippen LogP contribution is 2.36. The van der Waals surface area contributed by atoms with E-state index >= 15 is 0 Å². The van der Waals surface area contributed by atoms with Crippen molar-refractivity contribution in [1.29, 1.82) is 0 Å². The molecule has 1 aliphatic heterocycles. The van der Waals surface area contributed by atoms with E-state index in [1.807, 2.05) is 49.4 Å². The molecule has 0 bridgehead atoms. The maximum atomic E-state index is 13.1. The van der Waals surface area contributed by atoms with E-state index in [9.17, 15) is 4.79 Å². The van der Waals surface area contributed by atoms with Crippen LogP contribution in [0, 0.1) is 0 Å².